The lowest BCUT2D eigenvalue weighted by Crippen LogP contribution is -2.36. The third-order valence-electron chi connectivity index (χ3n) is 4.35. The first kappa shape index (κ1) is 15.1. The van der Waals surface area contributed by atoms with Crippen molar-refractivity contribution >= 4 is 0 Å². The fourth-order valence-corrected chi connectivity index (χ4v) is 3.14. The number of rotatable bonds is 4. The van der Waals surface area contributed by atoms with Gasteiger partial charge in [0.05, 0.1) is 0 Å². The summed E-state index contributed by atoms with van der Waals surface area (Å²) in [6, 6.07) is 8.88. The van der Waals surface area contributed by atoms with Crippen molar-refractivity contribution in [2.45, 2.75) is 32.1 Å². The van der Waals surface area contributed by atoms with Gasteiger partial charge >= 0.3 is 0 Å². The van der Waals surface area contributed by atoms with Gasteiger partial charge in [0, 0.05) is 30.9 Å². The normalized spacial score (nSPS) is 19.3. The van der Waals surface area contributed by atoms with E-state index in [0.29, 0.717) is 5.92 Å². The maximum Gasteiger partial charge on any atom is 0.125 e. The molecule has 0 bridgehead atoms. The lowest BCUT2D eigenvalue weighted by Gasteiger charge is -2.32. The standard InChI is InChI=1S/C18H22FN3/c1-14-20-10-8-18(21-14)16-3-2-11-22(13-16)12-9-15-4-6-17(19)7-5-15/h4-8,10,16H,2-3,9,11-13H2,1H3. The van der Waals surface area contributed by atoms with Gasteiger partial charge in [-0.15, -0.1) is 0 Å². The first-order valence-electron chi connectivity index (χ1n) is 7.97. The van der Waals surface area contributed by atoms with E-state index in [1.165, 1.54) is 36.2 Å². The Bertz CT molecular complexity index is 612. The van der Waals surface area contributed by atoms with Crippen LogP contribution in [0, 0.1) is 12.7 Å². The molecule has 1 aromatic heterocycles. The fraction of sp³-hybridized carbons (Fsp3) is 0.444. The summed E-state index contributed by atoms with van der Waals surface area (Å²) in [5.74, 6) is 1.19. The zero-order chi connectivity index (χ0) is 15.4. The number of aromatic nitrogens is 2. The maximum absolute atomic E-state index is 12.9. The average molecular weight is 299 g/mol. The molecule has 0 radical (unpaired) electrons. The first-order valence-corrected chi connectivity index (χ1v) is 7.97. The second kappa shape index (κ2) is 6.97. The Hall–Kier alpha value is -1.81. The Kier molecular flexibility index (Phi) is 4.78. The van der Waals surface area contributed by atoms with Crippen LogP contribution in [0.25, 0.3) is 0 Å². The summed E-state index contributed by atoms with van der Waals surface area (Å²) in [6.07, 6.45) is 5.23. The highest BCUT2D eigenvalue weighted by molar-refractivity contribution is 5.16. The Morgan fingerprint density at radius 2 is 2.05 bits per heavy atom. The minimum absolute atomic E-state index is 0.166. The molecule has 0 aliphatic carbocycles. The molecule has 1 aliphatic heterocycles. The van der Waals surface area contributed by atoms with Crippen LogP contribution in [0.15, 0.2) is 36.5 Å². The molecule has 0 N–H and O–H groups in total. The van der Waals surface area contributed by atoms with Gasteiger partial charge in [0.15, 0.2) is 0 Å². The van der Waals surface area contributed by atoms with Crippen molar-refractivity contribution in [2.24, 2.45) is 0 Å². The molecule has 22 heavy (non-hydrogen) atoms. The Balaban J connectivity index is 1.57. The molecule has 0 spiro atoms. The van der Waals surface area contributed by atoms with Gasteiger partial charge in [-0.25, -0.2) is 14.4 Å². The van der Waals surface area contributed by atoms with E-state index in [2.05, 4.69) is 14.9 Å². The number of piperidine rings is 1. The highest BCUT2D eigenvalue weighted by Crippen LogP contribution is 2.25. The number of likely N-dealkylation sites (tertiary alicyclic amines) is 1. The van der Waals surface area contributed by atoms with E-state index in [1.807, 2.05) is 31.3 Å². The smallest absolute Gasteiger partial charge is 0.125 e. The molecular weight excluding hydrogens is 277 g/mol. The maximum atomic E-state index is 12.9. The molecule has 2 aromatic rings. The van der Waals surface area contributed by atoms with E-state index in [1.54, 1.807) is 0 Å². The van der Waals surface area contributed by atoms with Gasteiger partial charge in [0.1, 0.15) is 11.6 Å². The van der Waals surface area contributed by atoms with Crippen LogP contribution in [0.3, 0.4) is 0 Å². The summed E-state index contributed by atoms with van der Waals surface area (Å²) >= 11 is 0. The van der Waals surface area contributed by atoms with Crippen molar-refractivity contribution in [3.05, 3.63) is 59.4 Å². The Morgan fingerprint density at radius 3 is 2.82 bits per heavy atom. The van der Waals surface area contributed by atoms with E-state index in [-0.39, 0.29) is 5.82 Å². The number of nitrogens with zero attached hydrogens (tertiary/aromatic N) is 3. The van der Waals surface area contributed by atoms with Crippen LogP contribution in [0.1, 0.15) is 35.8 Å². The lowest BCUT2D eigenvalue weighted by atomic mass is 9.94. The topological polar surface area (TPSA) is 29.0 Å². The summed E-state index contributed by atoms with van der Waals surface area (Å²) in [4.78, 5) is 11.3. The number of benzene rings is 1. The minimum Gasteiger partial charge on any atom is -0.302 e. The number of hydrogen-bond acceptors (Lipinski definition) is 3. The van der Waals surface area contributed by atoms with Gasteiger partial charge in [-0.1, -0.05) is 12.1 Å². The molecule has 1 saturated heterocycles. The first-order chi connectivity index (χ1) is 10.7. The molecular formula is C18H22FN3. The number of aryl methyl sites for hydroxylation is 1. The van der Waals surface area contributed by atoms with Gasteiger partial charge in [-0.05, 0) is 56.5 Å². The third kappa shape index (κ3) is 3.89. The van der Waals surface area contributed by atoms with E-state index in [4.69, 9.17) is 0 Å². The van der Waals surface area contributed by atoms with Crippen molar-refractivity contribution in [2.75, 3.05) is 19.6 Å². The third-order valence-corrected chi connectivity index (χ3v) is 4.35. The predicted octanol–water partition coefficient (Wildman–Crippen LogP) is 3.35. The molecule has 3 nitrogen and oxygen atoms in total. The van der Waals surface area contributed by atoms with E-state index in [9.17, 15) is 4.39 Å². The summed E-state index contributed by atoms with van der Waals surface area (Å²) in [7, 11) is 0. The summed E-state index contributed by atoms with van der Waals surface area (Å²) < 4.78 is 12.9. The SMILES string of the molecule is Cc1nccc(C2CCCN(CCc3ccc(F)cc3)C2)n1. The quantitative estimate of drug-likeness (QED) is 0.867. The van der Waals surface area contributed by atoms with Gasteiger partial charge in [-0.3, -0.25) is 0 Å². The molecule has 0 amide bonds. The van der Waals surface area contributed by atoms with E-state index >= 15 is 0 Å². The van der Waals surface area contributed by atoms with Gasteiger partial charge in [-0.2, -0.15) is 0 Å². The largest absolute Gasteiger partial charge is 0.302 e. The molecule has 1 aliphatic rings. The van der Waals surface area contributed by atoms with Crippen molar-refractivity contribution in [1.82, 2.24) is 14.9 Å². The molecule has 1 unspecified atom stereocenters. The van der Waals surface area contributed by atoms with Crippen LogP contribution >= 0.6 is 0 Å². The van der Waals surface area contributed by atoms with Crippen LogP contribution in [0.5, 0.6) is 0 Å². The van der Waals surface area contributed by atoms with Crippen LogP contribution in [-0.4, -0.2) is 34.5 Å². The Labute approximate surface area is 131 Å². The molecule has 1 fully saturated rings. The predicted molar refractivity (Wildman–Crippen MR) is 85.3 cm³/mol. The van der Waals surface area contributed by atoms with Crippen molar-refractivity contribution in [3.63, 3.8) is 0 Å². The molecule has 116 valence electrons. The van der Waals surface area contributed by atoms with Crippen LogP contribution in [0.4, 0.5) is 4.39 Å². The monoisotopic (exact) mass is 299 g/mol. The van der Waals surface area contributed by atoms with Gasteiger partial charge < -0.3 is 4.90 Å². The highest BCUT2D eigenvalue weighted by Gasteiger charge is 2.22. The molecule has 0 saturated carbocycles. The van der Waals surface area contributed by atoms with E-state index < -0.39 is 0 Å². The van der Waals surface area contributed by atoms with Crippen LogP contribution in [0.2, 0.25) is 0 Å². The summed E-state index contributed by atoms with van der Waals surface area (Å²) in [5, 5.41) is 0. The van der Waals surface area contributed by atoms with Crippen LogP contribution < -0.4 is 0 Å². The minimum atomic E-state index is -0.166. The molecule has 1 atom stereocenters. The van der Waals surface area contributed by atoms with E-state index in [0.717, 1.165) is 31.9 Å². The molecule has 3 rings (SSSR count). The number of halogens is 1. The summed E-state index contributed by atoms with van der Waals surface area (Å²) in [6.45, 7) is 5.16. The lowest BCUT2D eigenvalue weighted by molar-refractivity contribution is 0.208. The fourth-order valence-electron chi connectivity index (χ4n) is 3.14. The van der Waals surface area contributed by atoms with Gasteiger partial charge in [0.25, 0.3) is 0 Å². The molecule has 1 aromatic carbocycles. The van der Waals surface area contributed by atoms with Crippen molar-refractivity contribution in [1.29, 1.82) is 0 Å². The zero-order valence-electron chi connectivity index (χ0n) is 13.0. The summed E-state index contributed by atoms with van der Waals surface area (Å²) in [5.41, 5.74) is 2.36. The van der Waals surface area contributed by atoms with Crippen molar-refractivity contribution in [3.8, 4) is 0 Å². The average Bonchev–Trinajstić information content (AvgIpc) is 2.55. The second-order valence-corrected chi connectivity index (χ2v) is 6.04. The van der Waals surface area contributed by atoms with Gasteiger partial charge in [0.2, 0.25) is 0 Å². The zero-order valence-corrected chi connectivity index (χ0v) is 13.0. The Morgan fingerprint density at radius 1 is 1.23 bits per heavy atom. The molecule has 4 heteroatoms. The number of hydrogen-bond donors (Lipinski definition) is 0. The molecule has 2 heterocycles. The van der Waals surface area contributed by atoms with Crippen LogP contribution in [-0.2, 0) is 6.42 Å². The van der Waals surface area contributed by atoms with Crippen molar-refractivity contribution < 1.29 is 4.39 Å². The highest BCUT2D eigenvalue weighted by atomic mass is 19.1. The second-order valence-electron chi connectivity index (χ2n) is 6.04.